The number of benzene rings is 2. The molecule has 0 radical (unpaired) electrons. The van der Waals surface area contributed by atoms with Gasteiger partial charge in [0.25, 0.3) is 5.91 Å². The quantitative estimate of drug-likeness (QED) is 0.889. The van der Waals surface area contributed by atoms with Gasteiger partial charge in [0.05, 0.1) is 31.2 Å². The Morgan fingerprint density at radius 1 is 0.870 bits per heavy atom. The first-order chi connectivity index (χ1) is 11.1. The molecule has 2 amide bonds. The zero-order valence-electron chi connectivity index (χ0n) is 13.2. The Labute approximate surface area is 134 Å². The summed E-state index contributed by atoms with van der Waals surface area (Å²) < 4.78 is 10.5. The van der Waals surface area contributed by atoms with Gasteiger partial charge in [-0.1, -0.05) is 18.2 Å². The second-order valence-electron chi connectivity index (χ2n) is 4.72. The van der Waals surface area contributed by atoms with Crippen LogP contribution in [0.25, 0.3) is 0 Å². The Bertz CT molecular complexity index is 728. The third-order valence-corrected chi connectivity index (χ3v) is 3.13. The average Bonchev–Trinajstić information content (AvgIpc) is 2.55. The smallest absolute Gasteiger partial charge is 0.259 e. The van der Waals surface area contributed by atoms with Gasteiger partial charge in [-0.3, -0.25) is 9.59 Å². The number of hydrogen-bond donors (Lipinski definition) is 2. The molecule has 120 valence electrons. The van der Waals surface area contributed by atoms with E-state index in [9.17, 15) is 9.59 Å². The van der Waals surface area contributed by atoms with Gasteiger partial charge in [0.1, 0.15) is 0 Å². The van der Waals surface area contributed by atoms with Gasteiger partial charge in [-0.05, 0) is 24.3 Å². The Hall–Kier alpha value is -3.02. The van der Waals surface area contributed by atoms with Crippen molar-refractivity contribution in [3.63, 3.8) is 0 Å². The first-order valence-electron chi connectivity index (χ1n) is 6.95. The Balaban J connectivity index is 2.32. The fourth-order valence-corrected chi connectivity index (χ4v) is 2.15. The van der Waals surface area contributed by atoms with Crippen LogP contribution < -0.4 is 20.1 Å². The lowest BCUT2D eigenvalue weighted by Crippen LogP contribution is -2.16. The van der Waals surface area contributed by atoms with Gasteiger partial charge in [0.2, 0.25) is 5.91 Å². The second-order valence-corrected chi connectivity index (χ2v) is 4.72. The summed E-state index contributed by atoms with van der Waals surface area (Å²) >= 11 is 0. The lowest BCUT2D eigenvalue weighted by molar-refractivity contribution is -0.114. The molecule has 0 aliphatic carbocycles. The maximum Gasteiger partial charge on any atom is 0.259 e. The third-order valence-electron chi connectivity index (χ3n) is 3.13. The van der Waals surface area contributed by atoms with Crippen LogP contribution >= 0.6 is 0 Å². The fourth-order valence-electron chi connectivity index (χ4n) is 2.15. The topological polar surface area (TPSA) is 76.7 Å². The van der Waals surface area contributed by atoms with Crippen molar-refractivity contribution in [2.24, 2.45) is 0 Å². The molecule has 0 aliphatic heterocycles. The normalized spacial score (nSPS) is 9.87. The summed E-state index contributed by atoms with van der Waals surface area (Å²) in [6.45, 7) is 1.41. The number of carbonyl (C=O) groups excluding carboxylic acids is 2. The number of rotatable bonds is 5. The van der Waals surface area contributed by atoms with Gasteiger partial charge < -0.3 is 20.1 Å². The molecule has 6 heteroatoms. The molecular formula is C17H18N2O4. The first-order valence-corrected chi connectivity index (χ1v) is 6.95. The van der Waals surface area contributed by atoms with E-state index in [4.69, 9.17) is 9.47 Å². The van der Waals surface area contributed by atoms with Crippen LogP contribution in [0, 0.1) is 0 Å². The van der Waals surface area contributed by atoms with Crippen molar-refractivity contribution in [3.05, 3.63) is 48.0 Å². The van der Waals surface area contributed by atoms with Crippen LogP contribution in [0.2, 0.25) is 0 Å². The largest absolute Gasteiger partial charge is 0.493 e. The second kappa shape index (κ2) is 7.31. The van der Waals surface area contributed by atoms with E-state index in [0.717, 1.165) is 0 Å². The van der Waals surface area contributed by atoms with Gasteiger partial charge in [-0.2, -0.15) is 0 Å². The van der Waals surface area contributed by atoms with Gasteiger partial charge >= 0.3 is 0 Å². The molecule has 2 aromatic rings. The number of nitrogens with one attached hydrogen (secondary N) is 2. The van der Waals surface area contributed by atoms with E-state index >= 15 is 0 Å². The number of para-hydroxylation sites is 3. The molecule has 0 spiro atoms. The SMILES string of the molecule is COc1cccc(C(=O)Nc2ccccc2NC(C)=O)c1OC. The lowest BCUT2D eigenvalue weighted by Gasteiger charge is -2.14. The van der Waals surface area contributed by atoms with Crippen molar-refractivity contribution in [3.8, 4) is 11.5 Å². The van der Waals surface area contributed by atoms with Gasteiger partial charge in [0, 0.05) is 6.92 Å². The molecule has 23 heavy (non-hydrogen) atoms. The van der Waals surface area contributed by atoms with Crippen LogP contribution in [0.5, 0.6) is 11.5 Å². The van der Waals surface area contributed by atoms with Crippen molar-refractivity contribution in [2.45, 2.75) is 6.92 Å². The molecule has 0 atom stereocenters. The van der Waals surface area contributed by atoms with Crippen LogP contribution in [0.3, 0.4) is 0 Å². The minimum absolute atomic E-state index is 0.217. The van der Waals surface area contributed by atoms with Crippen molar-refractivity contribution in [2.75, 3.05) is 24.9 Å². The number of amides is 2. The minimum atomic E-state index is -0.362. The molecule has 0 unspecified atom stereocenters. The predicted octanol–water partition coefficient (Wildman–Crippen LogP) is 2.91. The maximum absolute atomic E-state index is 12.5. The van der Waals surface area contributed by atoms with E-state index in [-0.39, 0.29) is 11.8 Å². The van der Waals surface area contributed by atoms with Gasteiger partial charge in [-0.25, -0.2) is 0 Å². The first kappa shape index (κ1) is 16.4. The summed E-state index contributed by atoms with van der Waals surface area (Å²) in [6.07, 6.45) is 0. The van der Waals surface area contributed by atoms with Crippen molar-refractivity contribution in [1.82, 2.24) is 0 Å². The summed E-state index contributed by atoms with van der Waals surface area (Å²) in [6, 6.07) is 12.0. The molecule has 0 heterocycles. The fraction of sp³-hybridized carbons (Fsp3) is 0.176. The van der Waals surface area contributed by atoms with E-state index in [0.29, 0.717) is 28.4 Å². The van der Waals surface area contributed by atoms with E-state index < -0.39 is 0 Å². The molecule has 0 saturated heterocycles. The average molecular weight is 314 g/mol. The number of hydrogen-bond acceptors (Lipinski definition) is 4. The number of anilines is 2. The van der Waals surface area contributed by atoms with Crippen LogP contribution in [0.1, 0.15) is 17.3 Å². The van der Waals surface area contributed by atoms with Crippen LogP contribution in [-0.4, -0.2) is 26.0 Å². The van der Waals surface area contributed by atoms with Gasteiger partial charge in [-0.15, -0.1) is 0 Å². The third kappa shape index (κ3) is 3.79. The number of carbonyl (C=O) groups is 2. The van der Waals surface area contributed by atoms with Crippen molar-refractivity contribution in [1.29, 1.82) is 0 Å². The highest BCUT2D eigenvalue weighted by molar-refractivity contribution is 6.09. The molecule has 6 nitrogen and oxygen atoms in total. The van der Waals surface area contributed by atoms with Crippen LogP contribution in [-0.2, 0) is 4.79 Å². The van der Waals surface area contributed by atoms with E-state index in [1.807, 2.05) is 0 Å². The summed E-state index contributed by atoms with van der Waals surface area (Å²) in [7, 11) is 2.98. The summed E-state index contributed by atoms with van der Waals surface area (Å²) in [5, 5.41) is 5.44. The standard InChI is InChI=1S/C17H18N2O4/c1-11(20)18-13-8-4-5-9-14(13)19-17(21)12-7-6-10-15(22-2)16(12)23-3/h4-10H,1-3H3,(H,18,20)(H,19,21). The van der Waals surface area contributed by atoms with Gasteiger partial charge in [0.15, 0.2) is 11.5 Å². The molecule has 2 aromatic carbocycles. The van der Waals surface area contributed by atoms with E-state index in [2.05, 4.69) is 10.6 Å². The number of methoxy groups -OCH3 is 2. The molecular weight excluding hydrogens is 296 g/mol. The Morgan fingerprint density at radius 3 is 2.09 bits per heavy atom. The maximum atomic E-state index is 12.5. The van der Waals surface area contributed by atoms with Crippen LogP contribution in [0.4, 0.5) is 11.4 Å². The molecule has 0 aromatic heterocycles. The summed E-state index contributed by atoms with van der Waals surface area (Å²) in [5.41, 5.74) is 1.36. The molecule has 2 N–H and O–H groups in total. The summed E-state index contributed by atoms with van der Waals surface area (Å²) in [4.78, 5) is 23.8. The van der Waals surface area contributed by atoms with Crippen LogP contribution in [0.15, 0.2) is 42.5 Å². The molecule has 0 fully saturated rings. The Morgan fingerprint density at radius 2 is 1.52 bits per heavy atom. The van der Waals surface area contributed by atoms with Crippen molar-refractivity contribution >= 4 is 23.2 Å². The highest BCUT2D eigenvalue weighted by Crippen LogP contribution is 2.31. The monoisotopic (exact) mass is 314 g/mol. The molecule has 0 aliphatic rings. The highest BCUT2D eigenvalue weighted by Gasteiger charge is 2.17. The highest BCUT2D eigenvalue weighted by atomic mass is 16.5. The lowest BCUT2D eigenvalue weighted by atomic mass is 10.1. The molecule has 0 saturated carbocycles. The zero-order chi connectivity index (χ0) is 16.8. The Kier molecular flexibility index (Phi) is 5.19. The van der Waals surface area contributed by atoms with Crippen molar-refractivity contribution < 1.29 is 19.1 Å². The van der Waals surface area contributed by atoms with E-state index in [1.165, 1.54) is 21.1 Å². The predicted molar refractivity (Wildman–Crippen MR) is 88.2 cm³/mol. The molecule has 0 bridgehead atoms. The van der Waals surface area contributed by atoms with E-state index in [1.54, 1.807) is 42.5 Å². The minimum Gasteiger partial charge on any atom is -0.493 e. The summed E-state index contributed by atoms with van der Waals surface area (Å²) in [5.74, 6) is 0.240. The zero-order valence-corrected chi connectivity index (χ0v) is 13.2. The number of ether oxygens (including phenoxy) is 2. The molecule has 2 rings (SSSR count).